The molecule has 2 aliphatic carbocycles. The molecule has 2 aliphatic rings. The van der Waals surface area contributed by atoms with Crippen molar-refractivity contribution in [2.75, 3.05) is 26.3 Å². The van der Waals surface area contributed by atoms with Crippen LogP contribution in [0.25, 0.3) is 0 Å². The summed E-state index contributed by atoms with van der Waals surface area (Å²) in [6, 6.07) is 4.53. The molecular weight excluding hydrogens is 417 g/mol. The molecule has 2 bridgehead atoms. The highest BCUT2D eigenvalue weighted by Gasteiger charge is 2.39. The van der Waals surface area contributed by atoms with Gasteiger partial charge in [-0.2, -0.15) is 0 Å². The van der Waals surface area contributed by atoms with Crippen molar-refractivity contribution in [1.29, 1.82) is 0 Å². The number of nitrogens with one attached hydrogen (secondary N) is 2. The van der Waals surface area contributed by atoms with Crippen LogP contribution in [-0.2, 0) is 11.2 Å². The normalized spacial score (nSPS) is 25.5. The summed E-state index contributed by atoms with van der Waals surface area (Å²) in [7, 11) is 0. The Kier molecular flexibility index (Phi) is 8.38. The first kappa shape index (κ1) is 19.6. The number of halogens is 1. The van der Waals surface area contributed by atoms with Gasteiger partial charge in [0.2, 0.25) is 0 Å². The highest BCUT2D eigenvalue weighted by molar-refractivity contribution is 14.0. The van der Waals surface area contributed by atoms with E-state index in [0.29, 0.717) is 19.2 Å². The Morgan fingerprint density at radius 1 is 1.38 bits per heavy atom. The molecule has 2 N–H and O–H groups in total. The molecule has 3 rings (SSSR count). The molecule has 0 amide bonds. The zero-order valence-electron chi connectivity index (χ0n) is 14.5. The maximum Gasteiger partial charge on any atom is 0.191 e. The molecule has 6 heteroatoms. The Balaban J connectivity index is 0.00000208. The van der Waals surface area contributed by atoms with Crippen LogP contribution in [0.1, 0.15) is 38.4 Å². The van der Waals surface area contributed by atoms with Gasteiger partial charge in [0.15, 0.2) is 5.96 Å². The second kappa shape index (κ2) is 10.3. The minimum absolute atomic E-state index is 0. The summed E-state index contributed by atoms with van der Waals surface area (Å²) in [5.41, 5.74) is 0. The molecular formula is C18H30IN3O2. The lowest BCUT2D eigenvalue weighted by atomic mass is 9.95. The van der Waals surface area contributed by atoms with Crippen LogP contribution in [0.2, 0.25) is 0 Å². The summed E-state index contributed by atoms with van der Waals surface area (Å²) in [5, 5.41) is 7.10. The Labute approximate surface area is 162 Å². The van der Waals surface area contributed by atoms with Crippen LogP contribution < -0.4 is 10.6 Å². The van der Waals surface area contributed by atoms with Crippen molar-refractivity contribution in [3.63, 3.8) is 0 Å². The van der Waals surface area contributed by atoms with E-state index in [0.717, 1.165) is 43.1 Å². The van der Waals surface area contributed by atoms with Crippen LogP contribution in [0.5, 0.6) is 0 Å². The predicted molar refractivity (Wildman–Crippen MR) is 107 cm³/mol. The Morgan fingerprint density at radius 2 is 2.29 bits per heavy atom. The summed E-state index contributed by atoms with van der Waals surface area (Å²) < 4.78 is 10.8. The predicted octanol–water partition coefficient (Wildman–Crippen LogP) is 3.20. The number of hydrogen-bond donors (Lipinski definition) is 2. The molecule has 24 heavy (non-hydrogen) atoms. The second-order valence-electron chi connectivity index (χ2n) is 6.61. The van der Waals surface area contributed by atoms with Gasteiger partial charge in [-0.1, -0.05) is 6.42 Å². The van der Waals surface area contributed by atoms with E-state index in [1.807, 2.05) is 19.1 Å². The second-order valence-corrected chi connectivity index (χ2v) is 6.61. The van der Waals surface area contributed by atoms with Crippen LogP contribution >= 0.6 is 24.0 Å². The van der Waals surface area contributed by atoms with Gasteiger partial charge in [-0.05, 0) is 50.2 Å². The Hall–Kier alpha value is -0.760. The van der Waals surface area contributed by atoms with Crippen molar-refractivity contribution < 1.29 is 9.15 Å². The largest absolute Gasteiger partial charge is 0.469 e. The third kappa shape index (κ3) is 5.65. The first-order valence-corrected chi connectivity index (χ1v) is 9.00. The first-order valence-electron chi connectivity index (χ1n) is 9.00. The molecule has 1 heterocycles. The SMILES string of the molecule is CCOCCN=C(NCCc1ccco1)NC1CC2CCC1C2.I. The molecule has 3 unspecified atom stereocenters. The van der Waals surface area contributed by atoms with Gasteiger partial charge < -0.3 is 19.8 Å². The molecule has 0 saturated heterocycles. The standard InChI is InChI=1S/C18H29N3O2.HI/c1-2-22-11-9-20-18(19-8-7-16-4-3-10-23-16)21-17-13-14-5-6-15(17)12-14;/h3-4,10,14-15,17H,2,5-9,11-13H2,1H3,(H2,19,20,21);1H. The van der Waals surface area contributed by atoms with E-state index in [2.05, 4.69) is 15.6 Å². The quantitative estimate of drug-likeness (QED) is 0.278. The van der Waals surface area contributed by atoms with Crippen LogP contribution in [0, 0.1) is 11.8 Å². The third-order valence-electron chi connectivity index (χ3n) is 5.01. The van der Waals surface area contributed by atoms with Gasteiger partial charge in [0.1, 0.15) is 5.76 Å². The molecule has 0 aliphatic heterocycles. The number of aliphatic imine (C=N–C) groups is 1. The number of rotatable bonds is 8. The lowest BCUT2D eigenvalue weighted by Crippen LogP contribution is -2.46. The molecule has 2 saturated carbocycles. The van der Waals surface area contributed by atoms with Gasteiger partial charge in [0.25, 0.3) is 0 Å². The minimum atomic E-state index is 0. The summed E-state index contributed by atoms with van der Waals surface area (Å²) in [6.07, 6.45) is 8.09. The van der Waals surface area contributed by atoms with Crippen molar-refractivity contribution in [1.82, 2.24) is 10.6 Å². The minimum Gasteiger partial charge on any atom is -0.469 e. The van der Waals surface area contributed by atoms with Crippen molar-refractivity contribution in [3.05, 3.63) is 24.2 Å². The molecule has 1 aromatic rings. The fourth-order valence-electron chi connectivity index (χ4n) is 3.87. The maximum atomic E-state index is 5.39. The van der Waals surface area contributed by atoms with Crippen molar-refractivity contribution >= 4 is 29.9 Å². The van der Waals surface area contributed by atoms with Gasteiger partial charge in [-0.3, -0.25) is 4.99 Å². The van der Waals surface area contributed by atoms with E-state index in [1.165, 1.54) is 25.7 Å². The lowest BCUT2D eigenvalue weighted by Gasteiger charge is -2.25. The van der Waals surface area contributed by atoms with Crippen molar-refractivity contribution in [2.45, 2.75) is 45.1 Å². The topological polar surface area (TPSA) is 58.8 Å². The average molecular weight is 447 g/mol. The molecule has 136 valence electrons. The molecule has 0 radical (unpaired) electrons. The number of furan rings is 1. The van der Waals surface area contributed by atoms with Gasteiger partial charge in [-0.25, -0.2) is 0 Å². The van der Waals surface area contributed by atoms with E-state index in [9.17, 15) is 0 Å². The summed E-state index contributed by atoms with van der Waals surface area (Å²) in [4.78, 5) is 4.67. The summed E-state index contributed by atoms with van der Waals surface area (Å²) >= 11 is 0. The van der Waals surface area contributed by atoms with Crippen LogP contribution in [0.3, 0.4) is 0 Å². The van der Waals surface area contributed by atoms with E-state index in [4.69, 9.17) is 9.15 Å². The van der Waals surface area contributed by atoms with Crippen molar-refractivity contribution in [3.8, 4) is 0 Å². The zero-order chi connectivity index (χ0) is 15.9. The van der Waals surface area contributed by atoms with E-state index < -0.39 is 0 Å². The highest BCUT2D eigenvalue weighted by atomic mass is 127. The summed E-state index contributed by atoms with van der Waals surface area (Å²) in [5.74, 6) is 3.70. The fraction of sp³-hybridized carbons (Fsp3) is 0.722. The zero-order valence-corrected chi connectivity index (χ0v) is 16.8. The summed E-state index contributed by atoms with van der Waals surface area (Å²) in [6.45, 7) is 4.97. The van der Waals surface area contributed by atoms with Gasteiger partial charge in [0, 0.05) is 25.6 Å². The number of ether oxygens (including phenoxy) is 1. The molecule has 3 atom stereocenters. The van der Waals surface area contributed by atoms with Crippen molar-refractivity contribution in [2.24, 2.45) is 16.8 Å². The van der Waals surface area contributed by atoms with E-state index >= 15 is 0 Å². The van der Waals surface area contributed by atoms with Gasteiger partial charge in [-0.15, -0.1) is 24.0 Å². The van der Waals surface area contributed by atoms with E-state index in [1.54, 1.807) is 6.26 Å². The average Bonchev–Trinajstić information content (AvgIpc) is 3.29. The van der Waals surface area contributed by atoms with Crippen LogP contribution in [-0.4, -0.2) is 38.3 Å². The van der Waals surface area contributed by atoms with Gasteiger partial charge >= 0.3 is 0 Å². The first-order chi connectivity index (χ1) is 11.3. The van der Waals surface area contributed by atoms with E-state index in [-0.39, 0.29) is 24.0 Å². The maximum absolute atomic E-state index is 5.39. The monoisotopic (exact) mass is 447 g/mol. The fourth-order valence-corrected chi connectivity index (χ4v) is 3.87. The number of hydrogen-bond acceptors (Lipinski definition) is 3. The molecule has 0 aromatic carbocycles. The molecule has 1 aromatic heterocycles. The van der Waals surface area contributed by atoms with Gasteiger partial charge in [0.05, 0.1) is 19.4 Å². The highest BCUT2D eigenvalue weighted by Crippen LogP contribution is 2.44. The van der Waals surface area contributed by atoms with Crippen LogP contribution in [0.4, 0.5) is 0 Å². The third-order valence-corrected chi connectivity index (χ3v) is 5.01. The molecule has 0 spiro atoms. The number of fused-ring (bicyclic) bond motifs is 2. The number of guanidine groups is 1. The Morgan fingerprint density at radius 3 is 2.96 bits per heavy atom. The molecule has 5 nitrogen and oxygen atoms in total. The molecule has 2 fully saturated rings. The Bertz CT molecular complexity index is 492. The smallest absolute Gasteiger partial charge is 0.191 e. The lowest BCUT2D eigenvalue weighted by molar-refractivity contribution is 0.155. The van der Waals surface area contributed by atoms with Crippen LogP contribution in [0.15, 0.2) is 27.8 Å². The number of nitrogens with zero attached hydrogens (tertiary/aromatic N) is 1.